The molecule has 0 N–H and O–H groups in total. The van der Waals surface area contributed by atoms with Crippen molar-refractivity contribution in [3.8, 4) is 11.5 Å². The van der Waals surface area contributed by atoms with Crippen LogP contribution in [0.3, 0.4) is 0 Å². The summed E-state index contributed by atoms with van der Waals surface area (Å²) in [6.07, 6.45) is 3.78. The molecule has 0 atom stereocenters. The molecule has 0 aliphatic carbocycles. The minimum Gasteiger partial charge on any atom is -0.307 e. The Balaban J connectivity index is 1.63. The number of pyridine rings is 1. The molecule has 40 heavy (non-hydrogen) atoms. The summed E-state index contributed by atoms with van der Waals surface area (Å²) in [5.74, 6) is 0.784. The minimum absolute atomic E-state index is 0.784. The average molecular weight is 512 g/mol. The van der Waals surface area contributed by atoms with Crippen LogP contribution in [-0.4, -0.2) is 24.1 Å². The van der Waals surface area contributed by atoms with Crippen LogP contribution in [0.2, 0.25) is 0 Å². The molecule has 0 saturated carbocycles. The normalized spacial score (nSPS) is 12.0. The van der Waals surface area contributed by atoms with Gasteiger partial charge in [0.2, 0.25) is 0 Å². The van der Waals surface area contributed by atoms with E-state index < -0.39 is 0 Å². The van der Waals surface area contributed by atoms with Crippen molar-refractivity contribution >= 4 is 65.5 Å². The van der Waals surface area contributed by atoms with E-state index in [9.17, 15) is 0 Å². The predicted molar refractivity (Wildman–Crippen MR) is 164 cm³/mol. The van der Waals surface area contributed by atoms with Gasteiger partial charge in [0, 0.05) is 38.8 Å². The summed E-state index contributed by atoms with van der Waals surface area (Å²) in [4.78, 5) is 14.9. The van der Waals surface area contributed by atoms with Crippen LogP contribution in [0.25, 0.3) is 77.1 Å². The summed E-state index contributed by atoms with van der Waals surface area (Å²) >= 11 is 0. The molecule has 0 radical (unpaired) electrons. The van der Waals surface area contributed by atoms with Crippen molar-refractivity contribution in [1.82, 2.24) is 24.1 Å². The number of hydrogen-bond acceptors (Lipinski definition) is 3. The third-order valence-corrected chi connectivity index (χ3v) is 7.97. The molecule has 9 aromatic rings. The molecule has 0 bridgehead atoms. The van der Waals surface area contributed by atoms with E-state index in [2.05, 4.69) is 94.1 Å². The second-order valence-electron chi connectivity index (χ2n) is 10.1. The maximum absolute atomic E-state index is 5.13. The van der Waals surface area contributed by atoms with E-state index in [1.54, 1.807) is 0 Å². The summed E-state index contributed by atoms with van der Waals surface area (Å²) in [7, 11) is 0. The largest absolute Gasteiger partial charge is 0.307 e. The van der Waals surface area contributed by atoms with Crippen LogP contribution in [0.1, 0.15) is 0 Å². The molecule has 4 heterocycles. The monoisotopic (exact) mass is 511 g/mol. The van der Waals surface area contributed by atoms with Crippen molar-refractivity contribution in [3.05, 3.63) is 128 Å². The lowest BCUT2D eigenvalue weighted by Crippen LogP contribution is -2.02. The highest BCUT2D eigenvalue weighted by Crippen LogP contribution is 2.45. The van der Waals surface area contributed by atoms with E-state index in [0.29, 0.717) is 0 Å². The molecule has 0 unspecified atom stereocenters. The Morgan fingerprint density at radius 3 is 1.93 bits per heavy atom. The van der Waals surface area contributed by atoms with Crippen LogP contribution >= 0.6 is 0 Å². The predicted octanol–water partition coefficient (Wildman–Crippen LogP) is 8.37. The van der Waals surface area contributed by atoms with E-state index >= 15 is 0 Å². The van der Waals surface area contributed by atoms with Gasteiger partial charge in [-0.25, -0.2) is 4.98 Å². The van der Waals surface area contributed by atoms with Crippen molar-refractivity contribution in [2.45, 2.75) is 0 Å². The lowest BCUT2D eigenvalue weighted by molar-refractivity contribution is 1.07. The van der Waals surface area contributed by atoms with Crippen LogP contribution in [0.4, 0.5) is 0 Å². The van der Waals surface area contributed by atoms with Crippen molar-refractivity contribution in [3.63, 3.8) is 0 Å². The third kappa shape index (κ3) is 2.78. The molecule has 0 amide bonds. The zero-order valence-corrected chi connectivity index (χ0v) is 21.4. The number of para-hydroxylation sites is 5. The fraction of sp³-hybridized carbons (Fsp3) is 0. The zero-order valence-electron chi connectivity index (χ0n) is 21.4. The summed E-state index contributed by atoms with van der Waals surface area (Å²) in [6.45, 7) is 0. The van der Waals surface area contributed by atoms with Crippen LogP contribution in [0, 0.1) is 0 Å². The fourth-order valence-electron chi connectivity index (χ4n) is 6.39. The molecule has 5 aromatic carbocycles. The molecule has 0 aliphatic rings. The van der Waals surface area contributed by atoms with Gasteiger partial charge in [-0.15, -0.1) is 0 Å². The second kappa shape index (κ2) is 7.98. The van der Waals surface area contributed by atoms with Crippen LogP contribution < -0.4 is 0 Å². The summed E-state index contributed by atoms with van der Waals surface area (Å²) in [5.41, 5.74) is 8.28. The molecule has 0 aliphatic heterocycles. The van der Waals surface area contributed by atoms with E-state index in [4.69, 9.17) is 15.0 Å². The number of hydrogen-bond donors (Lipinski definition) is 0. The van der Waals surface area contributed by atoms with Gasteiger partial charge in [-0.2, -0.15) is 0 Å². The van der Waals surface area contributed by atoms with E-state index in [1.165, 1.54) is 10.8 Å². The van der Waals surface area contributed by atoms with Crippen molar-refractivity contribution < 1.29 is 0 Å². The van der Waals surface area contributed by atoms with Gasteiger partial charge in [0.1, 0.15) is 0 Å². The number of fused-ring (bicyclic) bond motifs is 11. The molecule has 9 rings (SSSR count). The lowest BCUT2D eigenvalue weighted by Gasteiger charge is -2.13. The molecular weight excluding hydrogens is 490 g/mol. The fourth-order valence-corrected chi connectivity index (χ4v) is 6.39. The molecule has 0 spiro atoms. The van der Waals surface area contributed by atoms with Gasteiger partial charge in [-0.1, -0.05) is 72.8 Å². The number of rotatable bonds is 2. The second-order valence-corrected chi connectivity index (χ2v) is 10.1. The van der Waals surface area contributed by atoms with Crippen LogP contribution in [0.5, 0.6) is 0 Å². The molecule has 5 heteroatoms. The molecule has 5 nitrogen and oxygen atoms in total. The summed E-state index contributed by atoms with van der Waals surface area (Å²) < 4.78 is 4.67. The van der Waals surface area contributed by atoms with E-state index in [0.717, 1.165) is 66.3 Å². The minimum atomic E-state index is 0.784. The quantitative estimate of drug-likeness (QED) is 0.234. The molecular formula is C35H21N5. The number of nitrogens with zero attached hydrogens (tertiary/aromatic N) is 5. The maximum Gasteiger partial charge on any atom is 0.156 e. The Labute approximate surface area is 228 Å². The first-order valence-corrected chi connectivity index (χ1v) is 13.4. The highest BCUT2D eigenvalue weighted by Gasteiger charge is 2.25. The van der Waals surface area contributed by atoms with Gasteiger partial charge in [0.15, 0.2) is 5.82 Å². The smallest absolute Gasteiger partial charge is 0.156 e. The first-order valence-electron chi connectivity index (χ1n) is 13.4. The third-order valence-electron chi connectivity index (χ3n) is 7.97. The Kier molecular flexibility index (Phi) is 4.27. The molecule has 4 aromatic heterocycles. The zero-order chi connectivity index (χ0) is 26.2. The Hall–Kier alpha value is -5.55. The highest BCUT2D eigenvalue weighted by molar-refractivity contribution is 6.35. The SMILES string of the molecule is c1ccc(-n2c3ccccc3c3c4cccnc4c4c5ccccc5n(-c5cnc6ccccc6n5)c4c32)cc1. The number of aromatic nitrogens is 5. The maximum atomic E-state index is 5.13. The molecule has 186 valence electrons. The Bertz CT molecular complexity index is 2430. The van der Waals surface area contributed by atoms with Gasteiger partial charge < -0.3 is 4.57 Å². The first kappa shape index (κ1) is 21.4. The van der Waals surface area contributed by atoms with Crippen LogP contribution in [-0.2, 0) is 0 Å². The standard InChI is InChI=1S/C35H21N5/c1-2-11-22(12-3-1)39-28-18-8-4-13-23(28)31-25-15-10-20-36-33(25)32-24-14-5-9-19-29(24)40(35(32)34(31)39)30-21-37-26-16-6-7-17-27(26)38-30/h1-21H. The summed E-state index contributed by atoms with van der Waals surface area (Å²) in [5, 5.41) is 5.79. The van der Waals surface area contributed by atoms with Gasteiger partial charge >= 0.3 is 0 Å². The Morgan fingerprint density at radius 2 is 1.10 bits per heavy atom. The summed E-state index contributed by atoms with van der Waals surface area (Å²) in [6, 6.07) is 40.1. The molecule has 0 saturated heterocycles. The molecule has 0 fully saturated rings. The topological polar surface area (TPSA) is 48.5 Å². The van der Waals surface area contributed by atoms with E-state index in [-0.39, 0.29) is 0 Å². The highest BCUT2D eigenvalue weighted by atomic mass is 15.1. The van der Waals surface area contributed by atoms with Crippen LogP contribution in [0.15, 0.2) is 128 Å². The Morgan fingerprint density at radius 1 is 0.475 bits per heavy atom. The van der Waals surface area contributed by atoms with E-state index in [1.807, 2.05) is 42.7 Å². The van der Waals surface area contributed by atoms with Crippen molar-refractivity contribution in [2.75, 3.05) is 0 Å². The van der Waals surface area contributed by atoms with Gasteiger partial charge in [0.25, 0.3) is 0 Å². The average Bonchev–Trinajstić information content (AvgIpc) is 3.55. The van der Waals surface area contributed by atoms with Crippen molar-refractivity contribution in [2.24, 2.45) is 0 Å². The van der Waals surface area contributed by atoms with Crippen molar-refractivity contribution in [1.29, 1.82) is 0 Å². The van der Waals surface area contributed by atoms with Gasteiger partial charge in [0.05, 0.1) is 44.8 Å². The van der Waals surface area contributed by atoms with Gasteiger partial charge in [-0.3, -0.25) is 14.5 Å². The first-order chi connectivity index (χ1) is 19.9. The lowest BCUT2D eigenvalue weighted by atomic mass is 10.0. The van der Waals surface area contributed by atoms with Gasteiger partial charge in [-0.05, 0) is 42.5 Å². The number of benzene rings is 5.